The predicted molar refractivity (Wildman–Crippen MR) is 88.5 cm³/mol. The number of hydrogen-bond donors (Lipinski definition) is 1. The summed E-state index contributed by atoms with van der Waals surface area (Å²) < 4.78 is 18.6. The van der Waals surface area contributed by atoms with E-state index < -0.39 is 0 Å². The van der Waals surface area contributed by atoms with Crippen molar-refractivity contribution in [3.8, 4) is 11.5 Å². The fraction of sp³-hybridized carbons (Fsp3) is 0.500. The van der Waals surface area contributed by atoms with Gasteiger partial charge in [-0.15, -0.1) is 0 Å². The molecule has 0 spiro atoms. The Morgan fingerprint density at radius 3 is 2.70 bits per heavy atom. The number of rotatable bonds is 6. The number of halogens is 1. The zero-order chi connectivity index (χ0) is 16.1. The quantitative estimate of drug-likeness (QED) is 0.886. The summed E-state index contributed by atoms with van der Waals surface area (Å²) in [5.41, 5.74) is 1.75. The van der Waals surface area contributed by atoms with Crippen molar-refractivity contribution in [3.63, 3.8) is 0 Å². The van der Waals surface area contributed by atoms with Crippen molar-refractivity contribution in [1.82, 2.24) is 15.2 Å². The topological polar surface area (TPSA) is 41.3 Å². The largest absolute Gasteiger partial charge is 0.444 e. The van der Waals surface area contributed by atoms with E-state index in [0.717, 1.165) is 43.9 Å². The molecule has 1 saturated heterocycles. The van der Waals surface area contributed by atoms with Crippen LogP contribution >= 0.6 is 0 Å². The summed E-state index contributed by atoms with van der Waals surface area (Å²) in [5, 5.41) is 3.41. The van der Waals surface area contributed by atoms with Gasteiger partial charge in [-0.05, 0) is 63.2 Å². The third-order valence-corrected chi connectivity index (χ3v) is 4.34. The summed E-state index contributed by atoms with van der Waals surface area (Å²) in [6.07, 6.45) is 5.22. The van der Waals surface area contributed by atoms with E-state index in [1.165, 1.54) is 25.0 Å². The molecule has 23 heavy (non-hydrogen) atoms. The van der Waals surface area contributed by atoms with Crippen LogP contribution in [0.3, 0.4) is 0 Å². The van der Waals surface area contributed by atoms with Gasteiger partial charge in [0.25, 0.3) is 0 Å². The van der Waals surface area contributed by atoms with Crippen LogP contribution < -0.4 is 5.32 Å². The molecule has 0 amide bonds. The van der Waals surface area contributed by atoms with Crippen LogP contribution in [0.1, 0.15) is 31.9 Å². The Balaban J connectivity index is 1.69. The molecule has 1 N–H and O–H groups in total. The molecular formula is C18H24FN3O. The second-order valence-corrected chi connectivity index (χ2v) is 6.10. The molecule has 1 aromatic heterocycles. The lowest BCUT2D eigenvalue weighted by Gasteiger charge is -2.33. The van der Waals surface area contributed by atoms with Crippen molar-refractivity contribution in [1.29, 1.82) is 0 Å². The van der Waals surface area contributed by atoms with E-state index in [4.69, 9.17) is 4.42 Å². The number of piperidine rings is 1. The van der Waals surface area contributed by atoms with Crippen LogP contribution in [0.15, 0.2) is 34.9 Å². The first-order valence-corrected chi connectivity index (χ1v) is 8.41. The maximum absolute atomic E-state index is 13.0. The first-order valence-electron chi connectivity index (χ1n) is 8.41. The summed E-state index contributed by atoms with van der Waals surface area (Å²) >= 11 is 0. The standard InChI is InChI=1S/C18H24FN3O/c1-2-11-22(17-7-9-20-10-8-17)12-16-13-23-18(21-16)14-3-5-15(19)6-4-14/h3-6,13,17,20H,2,7-12H2,1H3. The van der Waals surface area contributed by atoms with E-state index in [0.29, 0.717) is 11.9 Å². The normalized spacial score (nSPS) is 16.1. The summed E-state index contributed by atoms with van der Waals surface area (Å²) in [7, 11) is 0. The van der Waals surface area contributed by atoms with Gasteiger partial charge in [0.1, 0.15) is 12.1 Å². The van der Waals surface area contributed by atoms with Crippen molar-refractivity contribution >= 4 is 0 Å². The molecule has 4 nitrogen and oxygen atoms in total. The van der Waals surface area contributed by atoms with E-state index in [-0.39, 0.29) is 5.82 Å². The molecule has 1 fully saturated rings. The van der Waals surface area contributed by atoms with E-state index >= 15 is 0 Å². The SMILES string of the molecule is CCCN(Cc1coc(-c2ccc(F)cc2)n1)C1CCNCC1. The first-order chi connectivity index (χ1) is 11.3. The highest BCUT2D eigenvalue weighted by Crippen LogP contribution is 2.21. The lowest BCUT2D eigenvalue weighted by Crippen LogP contribution is -2.43. The molecule has 124 valence electrons. The summed E-state index contributed by atoms with van der Waals surface area (Å²) in [6, 6.07) is 6.86. The molecule has 0 saturated carbocycles. The van der Waals surface area contributed by atoms with Gasteiger partial charge in [-0.1, -0.05) is 6.92 Å². The van der Waals surface area contributed by atoms with Gasteiger partial charge in [0.15, 0.2) is 0 Å². The Labute approximate surface area is 136 Å². The highest BCUT2D eigenvalue weighted by Gasteiger charge is 2.21. The van der Waals surface area contributed by atoms with Crippen LogP contribution in [-0.2, 0) is 6.54 Å². The van der Waals surface area contributed by atoms with Crippen molar-refractivity contribution in [2.24, 2.45) is 0 Å². The lowest BCUT2D eigenvalue weighted by molar-refractivity contribution is 0.152. The minimum absolute atomic E-state index is 0.249. The summed E-state index contributed by atoms with van der Waals surface area (Å²) in [5.74, 6) is 0.308. The molecule has 1 aromatic carbocycles. The fourth-order valence-corrected chi connectivity index (χ4v) is 3.16. The lowest BCUT2D eigenvalue weighted by atomic mass is 10.0. The highest BCUT2D eigenvalue weighted by molar-refractivity contribution is 5.52. The van der Waals surface area contributed by atoms with Crippen molar-refractivity contribution in [3.05, 3.63) is 42.0 Å². The molecule has 0 atom stereocenters. The average molecular weight is 317 g/mol. The molecule has 1 aliphatic heterocycles. The Kier molecular flexibility index (Phi) is 5.41. The van der Waals surface area contributed by atoms with E-state index in [9.17, 15) is 4.39 Å². The summed E-state index contributed by atoms with van der Waals surface area (Å²) in [4.78, 5) is 7.09. The summed E-state index contributed by atoms with van der Waals surface area (Å²) in [6.45, 7) is 6.27. The Morgan fingerprint density at radius 2 is 2.00 bits per heavy atom. The van der Waals surface area contributed by atoms with Gasteiger partial charge < -0.3 is 9.73 Å². The minimum atomic E-state index is -0.249. The molecule has 2 heterocycles. The first kappa shape index (κ1) is 16.1. The smallest absolute Gasteiger partial charge is 0.226 e. The molecule has 2 aromatic rings. The van der Waals surface area contributed by atoms with Gasteiger partial charge >= 0.3 is 0 Å². The predicted octanol–water partition coefficient (Wildman–Crippen LogP) is 3.44. The van der Waals surface area contributed by atoms with Crippen LogP contribution in [0.5, 0.6) is 0 Å². The van der Waals surface area contributed by atoms with Gasteiger partial charge in [-0.3, -0.25) is 4.90 Å². The van der Waals surface area contributed by atoms with Gasteiger partial charge in [0.05, 0.1) is 5.69 Å². The molecule has 0 bridgehead atoms. The van der Waals surface area contributed by atoms with Crippen LogP contribution in [0.25, 0.3) is 11.5 Å². The zero-order valence-corrected chi connectivity index (χ0v) is 13.6. The number of oxazole rings is 1. The highest BCUT2D eigenvalue weighted by atomic mass is 19.1. The minimum Gasteiger partial charge on any atom is -0.444 e. The molecule has 3 rings (SSSR count). The molecular weight excluding hydrogens is 293 g/mol. The number of benzene rings is 1. The van der Waals surface area contributed by atoms with Crippen LogP contribution in [-0.4, -0.2) is 35.6 Å². The Bertz CT molecular complexity index is 605. The average Bonchev–Trinajstić information content (AvgIpc) is 3.04. The van der Waals surface area contributed by atoms with Crippen LogP contribution in [0.2, 0.25) is 0 Å². The molecule has 5 heteroatoms. The zero-order valence-electron chi connectivity index (χ0n) is 13.6. The second kappa shape index (κ2) is 7.70. The van der Waals surface area contributed by atoms with Crippen LogP contribution in [0, 0.1) is 5.82 Å². The maximum Gasteiger partial charge on any atom is 0.226 e. The van der Waals surface area contributed by atoms with Gasteiger partial charge in [0.2, 0.25) is 5.89 Å². The van der Waals surface area contributed by atoms with Crippen LogP contribution in [0.4, 0.5) is 4.39 Å². The van der Waals surface area contributed by atoms with E-state index in [1.807, 2.05) is 0 Å². The fourth-order valence-electron chi connectivity index (χ4n) is 3.16. The monoisotopic (exact) mass is 317 g/mol. The molecule has 1 aliphatic rings. The number of hydrogen-bond acceptors (Lipinski definition) is 4. The number of aromatic nitrogens is 1. The molecule has 0 aliphatic carbocycles. The number of nitrogens with one attached hydrogen (secondary N) is 1. The van der Waals surface area contributed by atoms with Gasteiger partial charge in [-0.25, -0.2) is 9.37 Å². The van der Waals surface area contributed by atoms with Crippen molar-refractivity contribution < 1.29 is 8.81 Å². The number of nitrogens with zero attached hydrogens (tertiary/aromatic N) is 2. The third-order valence-electron chi connectivity index (χ3n) is 4.34. The maximum atomic E-state index is 13.0. The Hall–Kier alpha value is -1.72. The van der Waals surface area contributed by atoms with Crippen molar-refractivity contribution in [2.45, 2.75) is 38.8 Å². The van der Waals surface area contributed by atoms with Crippen molar-refractivity contribution in [2.75, 3.05) is 19.6 Å². The second-order valence-electron chi connectivity index (χ2n) is 6.10. The van der Waals surface area contributed by atoms with E-state index in [2.05, 4.69) is 22.1 Å². The Morgan fingerprint density at radius 1 is 1.26 bits per heavy atom. The molecule has 0 radical (unpaired) electrons. The third kappa shape index (κ3) is 4.18. The van der Waals surface area contributed by atoms with E-state index in [1.54, 1.807) is 18.4 Å². The van der Waals surface area contributed by atoms with Gasteiger partial charge in [-0.2, -0.15) is 0 Å². The van der Waals surface area contributed by atoms with Gasteiger partial charge in [0, 0.05) is 18.2 Å². The molecule has 0 unspecified atom stereocenters.